The maximum atomic E-state index is 12.0. The highest BCUT2D eigenvalue weighted by Crippen LogP contribution is 2.53. The summed E-state index contributed by atoms with van der Waals surface area (Å²) in [4.78, 5) is 0. The lowest BCUT2D eigenvalue weighted by Crippen LogP contribution is -2.36. The van der Waals surface area contributed by atoms with Crippen LogP contribution in [0.1, 0.15) is 62.0 Å². The van der Waals surface area contributed by atoms with Crippen LogP contribution in [-0.4, -0.2) is 42.7 Å². The molecule has 0 aromatic heterocycles. The van der Waals surface area contributed by atoms with Gasteiger partial charge < -0.3 is 41.3 Å². The van der Waals surface area contributed by atoms with E-state index < -0.39 is 0 Å². The van der Waals surface area contributed by atoms with Crippen molar-refractivity contribution < 1.29 is 30.6 Å². The summed E-state index contributed by atoms with van der Waals surface area (Å²) in [5.74, 6) is -0.205. The Morgan fingerprint density at radius 2 is 0.820 bits per heavy atom. The molecule has 2 aliphatic heterocycles. The minimum absolute atomic E-state index is 0.0177. The topological polar surface area (TPSA) is 145 Å². The van der Waals surface area contributed by atoms with Crippen molar-refractivity contribution in [2.24, 2.45) is 0 Å². The Labute approximate surface area is 289 Å². The van der Waals surface area contributed by atoms with Gasteiger partial charge in [-0.3, -0.25) is 0 Å². The molecule has 8 rings (SSSR count). The number of phenolic OH excluding ortho intramolecular Hbond substituents is 6. The van der Waals surface area contributed by atoms with Crippen molar-refractivity contribution in [2.45, 2.75) is 64.7 Å². The van der Waals surface area contributed by atoms with Crippen LogP contribution in [-0.2, 0) is 12.8 Å². The average molecular weight is 669 g/mol. The van der Waals surface area contributed by atoms with E-state index in [2.05, 4.69) is 24.5 Å². The van der Waals surface area contributed by atoms with Crippen molar-refractivity contribution in [1.29, 1.82) is 0 Å². The number of hydrogen-bond donors (Lipinski definition) is 8. The van der Waals surface area contributed by atoms with Crippen molar-refractivity contribution >= 4 is 21.5 Å². The summed E-state index contributed by atoms with van der Waals surface area (Å²) in [5.41, 5.74) is 6.20. The molecule has 0 bridgehead atoms. The molecular weight excluding hydrogens is 628 g/mol. The lowest BCUT2D eigenvalue weighted by molar-refractivity contribution is 0.401. The fourth-order valence-corrected chi connectivity index (χ4v) is 8.73. The van der Waals surface area contributed by atoms with Crippen LogP contribution < -0.4 is 10.6 Å². The summed E-state index contributed by atoms with van der Waals surface area (Å²) in [6.07, 6.45) is 1.12. The second-order valence-corrected chi connectivity index (χ2v) is 14.1. The van der Waals surface area contributed by atoms with E-state index in [1.54, 1.807) is 12.1 Å². The van der Waals surface area contributed by atoms with Crippen LogP contribution in [0, 0.1) is 0 Å². The van der Waals surface area contributed by atoms with Gasteiger partial charge in [0.2, 0.25) is 0 Å². The van der Waals surface area contributed by atoms with E-state index in [1.807, 2.05) is 62.4 Å². The van der Waals surface area contributed by atoms with E-state index >= 15 is 0 Å². The number of benzene rings is 6. The first-order valence-electron chi connectivity index (χ1n) is 17.1. The molecule has 0 radical (unpaired) electrons. The van der Waals surface area contributed by atoms with Crippen LogP contribution in [0.2, 0.25) is 0 Å². The highest BCUT2D eigenvalue weighted by Gasteiger charge is 2.32. The molecule has 254 valence electrons. The van der Waals surface area contributed by atoms with Crippen LogP contribution >= 0.6 is 0 Å². The maximum absolute atomic E-state index is 12.0. The molecule has 4 atom stereocenters. The third kappa shape index (κ3) is 4.74. The normalized spacial score (nSPS) is 20.2. The van der Waals surface area contributed by atoms with E-state index in [1.165, 1.54) is 12.1 Å². The van der Waals surface area contributed by atoms with Gasteiger partial charge in [0.1, 0.15) is 34.5 Å². The molecule has 8 nitrogen and oxygen atoms in total. The van der Waals surface area contributed by atoms with Crippen LogP contribution in [0.5, 0.6) is 34.5 Å². The predicted molar refractivity (Wildman–Crippen MR) is 197 cm³/mol. The molecule has 0 amide bonds. The van der Waals surface area contributed by atoms with Gasteiger partial charge in [0.15, 0.2) is 0 Å². The van der Waals surface area contributed by atoms with Crippen molar-refractivity contribution in [3.63, 3.8) is 0 Å². The van der Waals surface area contributed by atoms with Crippen molar-refractivity contribution in [3.05, 3.63) is 95.1 Å². The summed E-state index contributed by atoms with van der Waals surface area (Å²) >= 11 is 0. The zero-order valence-electron chi connectivity index (χ0n) is 28.3. The third-order valence-electron chi connectivity index (χ3n) is 10.7. The highest BCUT2D eigenvalue weighted by molar-refractivity contribution is 6.11. The Morgan fingerprint density at radius 3 is 1.20 bits per heavy atom. The number of hydrogen-bond acceptors (Lipinski definition) is 8. The molecule has 0 saturated carbocycles. The molecule has 6 aromatic rings. The summed E-state index contributed by atoms with van der Waals surface area (Å²) in [6, 6.07) is 21.0. The molecule has 6 aromatic carbocycles. The summed E-state index contributed by atoms with van der Waals surface area (Å²) < 4.78 is 0. The van der Waals surface area contributed by atoms with Gasteiger partial charge in [-0.2, -0.15) is 0 Å². The van der Waals surface area contributed by atoms with E-state index in [0.717, 1.165) is 22.3 Å². The quantitative estimate of drug-likeness (QED) is 0.0939. The summed E-state index contributed by atoms with van der Waals surface area (Å²) in [7, 11) is 0. The lowest BCUT2D eigenvalue weighted by Gasteiger charge is -2.32. The molecule has 0 unspecified atom stereocenters. The summed E-state index contributed by atoms with van der Waals surface area (Å²) in [6.45, 7) is 8.10. The fraction of sp³-hybridized carbons (Fsp3) is 0.238. The molecule has 0 aliphatic carbocycles. The van der Waals surface area contributed by atoms with Gasteiger partial charge in [-0.05, 0) is 85.7 Å². The second-order valence-electron chi connectivity index (χ2n) is 14.1. The second kappa shape index (κ2) is 11.6. The van der Waals surface area contributed by atoms with Crippen LogP contribution in [0.4, 0.5) is 0 Å². The molecular formula is C42H40N2O6. The van der Waals surface area contributed by atoms with Gasteiger partial charge >= 0.3 is 0 Å². The van der Waals surface area contributed by atoms with Gasteiger partial charge in [0.25, 0.3) is 0 Å². The largest absolute Gasteiger partial charge is 0.507 e. The first-order valence-corrected chi connectivity index (χ1v) is 17.1. The molecule has 0 spiro atoms. The first kappa shape index (κ1) is 31.8. The number of fused-ring (bicyclic) bond motifs is 4. The highest BCUT2D eigenvalue weighted by atomic mass is 16.3. The average Bonchev–Trinajstić information content (AvgIpc) is 3.06. The molecule has 0 saturated heterocycles. The van der Waals surface area contributed by atoms with Crippen LogP contribution in [0.15, 0.2) is 72.8 Å². The van der Waals surface area contributed by atoms with Crippen molar-refractivity contribution in [1.82, 2.24) is 10.6 Å². The Kier molecular flexibility index (Phi) is 7.36. The zero-order valence-corrected chi connectivity index (χ0v) is 28.3. The van der Waals surface area contributed by atoms with E-state index in [0.29, 0.717) is 67.8 Å². The number of aromatic hydroxyl groups is 6. The number of phenols is 6. The monoisotopic (exact) mass is 668 g/mol. The SMILES string of the molecule is C[C@@H]1Cc2c(-c3cc(-c4cc(-c5c(O)cc(O)c6c5C[C@@H](C)N[C@@H]6C)c5ccccc5c4O)c(O)c4ccccc34)c(O)cc(O)c2[C@@H](C)N1. The minimum Gasteiger partial charge on any atom is -0.507 e. The Balaban J connectivity index is 1.47. The molecule has 8 N–H and O–H groups in total. The van der Waals surface area contributed by atoms with Crippen LogP contribution in [0.3, 0.4) is 0 Å². The molecule has 2 heterocycles. The predicted octanol–water partition coefficient (Wildman–Crippen LogP) is 8.42. The van der Waals surface area contributed by atoms with Crippen molar-refractivity contribution in [2.75, 3.05) is 0 Å². The molecule has 0 fully saturated rings. The number of nitrogens with one attached hydrogen (secondary N) is 2. The fourth-order valence-electron chi connectivity index (χ4n) is 8.73. The van der Waals surface area contributed by atoms with E-state index in [4.69, 9.17) is 0 Å². The van der Waals surface area contributed by atoms with Gasteiger partial charge in [-0.25, -0.2) is 0 Å². The van der Waals surface area contributed by atoms with Gasteiger partial charge in [-0.15, -0.1) is 0 Å². The zero-order chi connectivity index (χ0) is 35.2. The summed E-state index contributed by atoms with van der Waals surface area (Å²) in [5, 5.41) is 78.4. The Hall–Kier alpha value is -5.44. The van der Waals surface area contributed by atoms with E-state index in [-0.39, 0.29) is 58.7 Å². The third-order valence-corrected chi connectivity index (χ3v) is 10.7. The maximum Gasteiger partial charge on any atom is 0.131 e. The molecule has 50 heavy (non-hydrogen) atoms. The Bertz CT molecular complexity index is 2220. The first-order chi connectivity index (χ1) is 23.9. The Morgan fingerprint density at radius 1 is 0.460 bits per heavy atom. The van der Waals surface area contributed by atoms with Gasteiger partial charge in [0, 0.05) is 80.5 Å². The van der Waals surface area contributed by atoms with E-state index in [9.17, 15) is 30.6 Å². The molecule has 8 heteroatoms. The van der Waals surface area contributed by atoms with Gasteiger partial charge in [-0.1, -0.05) is 48.5 Å². The standard InChI is InChI=1S/C42H40N2O6/c1-19-13-31-37(21(3)43-19)33(45)17-35(47)39(31)27-15-29(41(49)25-11-7-5-9-23(25)27)30-16-28(24-10-6-8-12-26(24)42(30)50)40-32-14-20(2)44-22(4)38(32)34(46)18-36(40)48/h5-12,15-22,43-50H,13-14H2,1-4H3/t19-,20-,21-,22-/m1/s1. The minimum atomic E-state index is -0.160. The lowest BCUT2D eigenvalue weighted by atomic mass is 9.81. The molecule has 2 aliphatic rings. The smallest absolute Gasteiger partial charge is 0.131 e. The number of rotatable bonds is 3. The van der Waals surface area contributed by atoms with Gasteiger partial charge in [0.05, 0.1) is 0 Å². The van der Waals surface area contributed by atoms with Crippen molar-refractivity contribution in [3.8, 4) is 67.9 Å². The van der Waals surface area contributed by atoms with Crippen LogP contribution in [0.25, 0.3) is 54.9 Å².